The lowest BCUT2D eigenvalue weighted by Crippen LogP contribution is -2.56. The van der Waals surface area contributed by atoms with Gasteiger partial charge in [0.25, 0.3) is 0 Å². The molecule has 9 nitrogen and oxygen atoms in total. The molecule has 2 fully saturated rings. The van der Waals surface area contributed by atoms with Gasteiger partial charge in [0, 0.05) is 30.6 Å². The molecule has 0 spiro atoms. The van der Waals surface area contributed by atoms with Gasteiger partial charge in [-0.05, 0) is 48.2 Å². The van der Waals surface area contributed by atoms with Gasteiger partial charge in [0.15, 0.2) is 0 Å². The van der Waals surface area contributed by atoms with Crippen molar-refractivity contribution in [1.29, 1.82) is 5.26 Å². The Hall–Kier alpha value is -3.26. The number of rotatable bonds is 6. The highest BCUT2D eigenvalue weighted by atomic mass is 32.2. The predicted molar refractivity (Wildman–Crippen MR) is 115 cm³/mol. The Morgan fingerprint density at radius 2 is 2.03 bits per heavy atom. The van der Waals surface area contributed by atoms with Crippen LogP contribution in [0.2, 0.25) is 0 Å². The Bertz CT molecular complexity index is 1210. The van der Waals surface area contributed by atoms with Crippen molar-refractivity contribution in [3.05, 3.63) is 42.6 Å². The van der Waals surface area contributed by atoms with Crippen molar-refractivity contribution < 1.29 is 13.6 Å². The number of anilines is 2. The van der Waals surface area contributed by atoms with Gasteiger partial charge in [0.2, 0.25) is 5.91 Å². The average Bonchev–Trinajstić information content (AvgIpc) is 3.48. The van der Waals surface area contributed by atoms with Crippen molar-refractivity contribution in [2.75, 3.05) is 22.8 Å². The number of pyridine rings is 1. The molecular formula is C21H19N6O3S-. The van der Waals surface area contributed by atoms with E-state index >= 15 is 0 Å². The average molecular weight is 435 g/mol. The first-order chi connectivity index (χ1) is 15.0. The summed E-state index contributed by atoms with van der Waals surface area (Å²) in [6, 6.07) is 13.0. The molecular weight excluding hydrogens is 416 g/mol. The molecule has 1 aromatic carbocycles. The number of amides is 1. The monoisotopic (exact) mass is 435 g/mol. The van der Waals surface area contributed by atoms with Gasteiger partial charge in [0.1, 0.15) is 11.5 Å². The zero-order valence-electron chi connectivity index (χ0n) is 16.4. The van der Waals surface area contributed by atoms with Gasteiger partial charge in [-0.3, -0.25) is 9.00 Å². The second-order valence-corrected chi connectivity index (χ2v) is 8.57. The SMILES string of the molecule is N#CC1CN(N(c2ccc(-c3cc(NC(=O)C4CC4)nc4[nH]ccc34)cc2)S(=O)[O-])C1. The van der Waals surface area contributed by atoms with Crippen LogP contribution in [-0.2, 0) is 16.1 Å². The second-order valence-electron chi connectivity index (χ2n) is 7.79. The molecule has 10 heteroatoms. The van der Waals surface area contributed by atoms with Crippen molar-refractivity contribution in [1.82, 2.24) is 15.0 Å². The summed E-state index contributed by atoms with van der Waals surface area (Å²) in [6.07, 6.45) is 3.61. The lowest BCUT2D eigenvalue weighted by Gasteiger charge is -2.44. The fourth-order valence-electron chi connectivity index (χ4n) is 3.71. The number of benzene rings is 1. The van der Waals surface area contributed by atoms with E-state index in [4.69, 9.17) is 5.26 Å². The number of aromatic nitrogens is 2. The smallest absolute Gasteiger partial charge is 0.228 e. The maximum atomic E-state index is 12.2. The summed E-state index contributed by atoms with van der Waals surface area (Å²) < 4.78 is 24.7. The molecule has 1 atom stereocenters. The van der Waals surface area contributed by atoms with Crippen LogP contribution < -0.4 is 9.73 Å². The van der Waals surface area contributed by atoms with Crippen LogP contribution in [0.25, 0.3) is 22.2 Å². The molecule has 158 valence electrons. The van der Waals surface area contributed by atoms with Gasteiger partial charge in [-0.15, -0.1) is 0 Å². The van der Waals surface area contributed by atoms with Crippen LogP contribution in [0.1, 0.15) is 12.8 Å². The summed E-state index contributed by atoms with van der Waals surface area (Å²) in [7, 11) is 0. The van der Waals surface area contributed by atoms with Gasteiger partial charge in [-0.25, -0.2) is 14.4 Å². The number of carbonyl (C=O) groups is 1. The Morgan fingerprint density at radius 3 is 2.68 bits per heavy atom. The lowest BCUT2D eigenvalue weighted by molar-refractivity contribution is -0.117. The van der Waals surface area contributed by atoms with E-state index < -0.39 is 11.3 Å². The normalized spacial score (nSPS) is 17.7. The summed E-state index contributed by atoms with van der Waals surface area (Å²) in [5.41, 5.74) is 2.91. The third-order valence-corrected chi connectivity index (χ3v) is 6.29. The fraction of sp³-hybridized carbons (Fsp3) is 0.286. The van der Waals surface area contributed by atoms with Crippen molar-refractivity contribution >= 4 is 39.7 Å². The largest absolute Gasteiger partial charge is 0.754 e. The number of aromatic amines is 1. The van der Waals surface area contributed by atoms with Crippen LogP contribution in [0.5, 0.6) is 0 Å². The molecule has 3 heterocycles. The molecule has 1 aliphatic carbocycles. The Labute approximate surface area is 181 Å². The summed E-state index contributed by atoms with van der Waals surface area (Å²) >= 11 is -2.49. The molecule has 5 rings (SSSR count). The Kier molecular flexibility index (Phi) is 4.94. The molecule has 0 radical (unpaired) electrons. The van der Waals surface area contributed by atoms with E-state index in [9.17, 15) is 13.6 Å². The summed E-state index contributed by atoms with van der Waals surface area (Å²) in [6.45, 7) is 0.759. The zero-order chi connectivity index (χ0) is 21.5. The summed E-state index contributed by atoms with van der Waals surface area (Å²) in [5, 5.41) is 14.4. The third-order valence-electron chi connectivity index (χ3n) is 5.57. The first-order valence-corrected chi connectivity index (χ1v) is 11.0. The number of hydrazine groups is 1. The number of H-pyrrole nitrogens is 1. The van der Waals surface area contributed by atoms with E-state index in [-0.39, 0.29) is 17.7 Å². The lowest BCUT2D eigenvalue weighted by atomic mass is 10.0. The van der Waals surface area contributed by atoms with Gasteiger partial charge >= 0.3 is 0 Å². The van der Waals surface area contributed by atoms with Crippen LogP contribution in [0.15, 0.2) is 42.6 Å². The summed E-state index contributed by atoms with van der Waals surface area (Å²) in [5.74, 6) is 0.382. The van der Waals surface area contributed by atoms with Crippen LogP contribution in [0, 0.1) is 23.2 Å². The van der Waals surface area contributed by atoms with E-state index in [1.54, 1.807) is 23.3 Å². The molecule has 2 aromatic heterocycles. The minimum absolute atomic E-state index is 0.0153. The van der Waals surface area contributed by atoms with Gasteiger partial charge in [-0.1, -0.05) is 12.1 Å². The number of nitriles is 1. The molecule has 1 saturated heterocycles. The van der Waals surface area contributed by atoms with E-state index in [1.807, 2.05) is 24.3 Å². The maximum Gasteiger partial charge on any atom is 0.228 e. The molecule has 2 N–H and O–H groups in total. The maximum absolute atomic E-state index is 12.2. The van der Waals surface area contributed by atoms with E-state index in [0.29, 0.717) is 30.2 Å². The van der Waals surface area contributed by atoms with Crippen LogP contribution >= 0.6 is 0 Å². The number of hydrogen-bond acceptors (Lipinski definition) is 6. The highest BCUT2D eigenvalue weighted by molar-refractivity contribution is 7.80. The number of nitrogens with zero attached hydrogens (tertiary/aromatic N) is 4. The van der Waals surface area contributed by atoms with Crippen molar-refractivity contribution in [2.45, 2.75) is 12.8 Å². The quantitative estimate of drug-likeness (QED) is 0.573. The number of nitrogens with one attached hydrogen (secondary N) is 2. The van der Waals surface area contributed by atoms with Crippen molar-refractivity contribution in [3.63, 3.8) is 0 Å². The standard InChI is InChI=1S/C21H20N6O3S/c22-10-13-11-26(12-13)27(31(29)30)16-5-3-14(4-6-16)18-9-19(25-21(28)15-1-2-15)24-20-17(18)7-8-23-20/h3-9,13,15H,1-2,11-12H2,(H,29,30)(H2,23,24,25,28)/p-1. The topological polar surface area (TPSA) is 128 Å². The Balaban J connectivity index is 1.45. The van der Waals surface area contributed by atoms with E-state index in [2.05, 4.69) is 21.4 Å². The molecule has 1 saturated carbocycles. The minimum Gasteiger partial charge on any atom is -0.754 e. The third kappa shape index (κ3) is 3.79. The predicted octanol–water partition coefficient (Wildman–Crippen LogP) is 2.55. The van der Waals surface area contributed by atoms with Gasteiger partial charge < -0.3 is 14.9 Å². The first-order valence-electron chi connectivity index (χ1n) is 9.97. The first kappa shape index (κ1) is 19.7. The molecule has 2 aliphatic rings. The summed E-state index contributed by atoms with van der Waals surface area (Å²) in [4.78, 5) is 19.7. The molecule has 1 amide bonds. The second kappa shape index (κ2) is 7.77. The van der Waals surface area contributed by atoms with Crippen LogP contribution in [0.3, 0.4) is 0 Å². The van der Waals surface area contributed by atoms with Crippen molar-refractivity contribution in [2.24, 2.45) is 11.8 Å². The molecule has 3 aromatic rings. The fourth-order valence-corrected chi connectivity index (χ4v) is 4.33. The molecule has 0 bridgehead atoms. The van der Waals surface area contributed by atoms with E-state index in [1.165, 1.54) is 4.41 Å². The van der Waals surface area contributed by atoms with Crippen LogP contribution in [-0.4, -0.2) is 42.7 Å². The van der Waals surface area contributed by atoms with Crippen molar-refractivity contribution in [3.8, 4) is 17.2 Å². The zero-order valence-corrected chi connectivity index (χ0v) is 17.3. The van der Waals surface area contributed by atoms with E-state index in [0.717, 1.165) is 29.4 Å². The highest BCUT2D eigenvalue weighted by Gasteiger charge is 2.32. The minimum atomic E-state index is -2.49. The number of carbonyl (C=O) groups excluding carboxylic acids is 1. The van der Waals surface area contributed by atoms with Gasteiger partial charge in [-0.2, -0.15) is 5.26 Å². The van der Waals surface area contributed by atoms with Crippen LogP contribution in [0.4, 0.5) is 11.5 Å². The molecule has 1 unspecified atom stereocenters. The molecule has 31 heavy (non-hydrogen) atoms. The Morgan fingerprint density at radius 1 is 1.29 bits per heavy atom. The molecule has 1 aliphatic heterocycles. The number of fused-ring (bicyclic) bond motifs is 1. The van der Waals surface area contributed by atoms with Gasteiger partial charge in [0.05, 0.1) is 28.9 Å². The number of hydrogen-bond donors (Lipinski definition) is 2. The highest BCUT2D eigenvalue weighted by Crippen LogP contribution is 2.34.